The van der Waals surface area contributed by atoms with Gasteiger partial charge in [-0.25, -0.2) is 0 Å². The van der Waals surface area contributed by atoms with Crippen molar-refractivity contribution in [2.45, 2.75) is 65.4 Å². The molecule has 5 nitrogen and oxygen atoms in total. The molecule has 0 atom stereocenters. The molecule has 1 rings (SSSR count). The van der Waals surface area contributed by atoms with Gasteiger partial charge in [-0.2, -0.15) is 0 Å². The Hall–Kier alpha value is -1.62. The fourth-order valence-corrected chi connectivity index (χ4v) is 2.85. The normalized spacial score (nSPS) is 17.7. The van der Waals surface area contributed by atoms with Crippen molar-refractivity contribution in [2.75, 3.05) is 19.6 Å². The van der Waals surface area contributed by atoms with E-state index in [1.165, 1.54) is 0 Å². The van der Waals surface area contributed by atoms with Gasteiger partial charge in [-0.3, -0.25) is 9.79 Å². The van der Waals surface area contributed by atoms with Crippen LogP contribution in [0.15, 0.2) is 28.4 Å². The van der Waals surface area contributed by atoms with Crippen molar-refractivity contribution in [1.29, 1.82) is 0 Å². The van der Waals surface area contributed by atoms with Gasteiger partial charge >= 0.3 is 0 Å². The summed E-state index contributed by atoms with van der Waals surface area (Å²) in [5.74, 6) is -0.121. The highest BCUT2D eigenvalue weighted by molar-refractivity contribution is 6.07. The third-order valence-electron chi connectivity index (χ3n) is 4.18. The lowest BCUT2D eigenvalue weighted by atomic mass is 9.98. The van der Waals surface area contributed by atoms with Crippen LogP contribution in [0.3, 0.4) is 0 Å². The molecule has 5 heteroatoms. The number of likely N-dealkylation sites (tertiary alicyclic amines) is 1. The number of aliphatic hydroxyl groups excluding tert-OH is 1. The molecule has 0 bridgehead atoms. The number of carbonyl (C=O) groups is 1. The molecular formula is C19H33N3O2. The summed E-state index contributed by atoms with van der Waals surface area (Å²) in [6.45, 7) is 11.7. The summed E-state index contributed by atoms with van der Waals surface area (Å²) in [4.78, 5) is 19.2. The van der Waals surface area contributed by atoms with Gasteiger partial charge in [-0.05, 0) is 32.6 Å². The first-order chi connectivity index (χ1) is 11.4. The van der Waals surface area contributed by atoms with Crippen LogP contribution in [0.5, 0.6) is 0 Å². The Morgan fingerprint density at radius 3 is 2.33 bits per heavy atom. The van der Waals surface area contributed by atoms with E-state index < -0.39 is 0 Å². The number of nitrogens with two attached hydrogens (primary N) is 1. The van der Waals surface area contributed by atoms with E-state index in [0.29, 0.717) is 38.2 Å². The lowest BCUT2D eigenvalue weighted by Crippen LogP contribution is -2.42. The van der Waals surface area contributed by atoms with Gasteiger partial charge in [0.1, 0.15) is 5.70 Å². The summed E-state index contributed by atoms with van der Waals surface area (Å²) in [7, 11) is 0. The van der Waals surface area contributed by atoms with Gasteiger partial charge in [-0.1, -0.05) is 38.8 Å². The van der Waals surface area contributed by atoms with Gasteiger partial charge in [0.25, 0.3) is 5.91 Å². The molecule has 1 fully saturated rings. The van der Waals surface area contributed by atoms with E-state index in [1.54, 1.807) is 4.90 Å². The lowest BCUT2D eigenvalue weighted by molar-refractivity contribution is -0.129. The van der Waals surface area contributed by atoms with E-state index in [4.69, 9.17) is 5.73 Å². The summed E-state index contributed by atoms with van der Waals surface area (Å²) >= 11 is 0. The van der Waals surface area contributed by atoms with Crippen LogP contribution in [-0.2, 0) is 4.79 Å². The average Bonchev–Trinajstić information content (AvgIpc) is 2.56. The Kier molecular flexibility index (Phi) is 8.76. The predicted molar refractivity (Wildman–Crippen MR) is 100.0 cm³/mol. The van der Waals surface area contributed by atoms with Crippen LogP contribution in [0.25, 0.3) is 0 Å². The molecule has 1 aliphatic rings. The second-order valence-electron chi connectivity index (χ2n) is 6.64. The van der Waals surface area contributed by atoms with Gasteiger partial charge in [-0.15, -0.1) is 0 Å². The van der Waals surface area contributed by atoms with Crippen LogP contribution in [0.2, 0.25) is 0 Å². The molecule has 0 spiro atoms. The van der Waals surface area contributed by atoms with Crippen molar-refractivity contribution < 1.29 is 9.90 Å². The molecule has 1 amide bonds. The number of amides is 1. The fraction of sp³-hybridized carbons (Fsp3) is 0.684. The molecular weight excluding hydrogens is 302 g/mol. The van der Waals surface area contributed by atoms with E-state index in [9.17, 15) is 9.90 Å². The molecule has 1 saturated heterocycles. The largest absolute Gasteiger partial charge is 0.394 e. The third-order valence-corrected chi connectivity index (χ3v) is 4.18. The molecule has 3 N–H and O–H groups in total. The monoisotopic (exact) mass is 335 g/mol. The Morgan fingerprint density at radius 2 is 1.83 bits per heavy atom. The number of piperidine rings is 1. The van der Waals surface area contributed by atoms with Gasteiger partial charge in [0.15, 0.2) is 0 Å². The quantitative estimate of drug-likeness (QED) is 0.407. The number of nitrogens with zero attached hydrogens (tertiary/aromatic N) is 2. The maximum absolute atomic E-state index is 12.8. The summed E-state index contributed by atoms with van der Waals surface area (Å²) in [5, 5.41) is 9.61. The Labute approximate surface area is 146 Å². The van der Waals surface area contributed by atoms with Crippen LogP contribution in [0, 0.1) is 0 Å². The molecule has 0 aromatic carbocycles. The zero-order chi connectivity index (χ0) is 18.1. The molecule has 0 saturated carbocycles. The van der Waals surface area contributed by atoms with Crippen LogP contribution < -0.4 is 5.73 Å². The highest BCUT2D eigenvalue weighted by atomic mass is 16.3. The third kappa shape index (κ3) is 6.11. The number of hydrogen-bond donors (Lipinski definition) is 2. The highest BCUT2D eigenvalue weighted by Crippen LogP contribution is 2.18. The molecule has 1 aliphatic heterocycles. The summed E-state index contributed by atoms with van der Waals surface area (Å²) in [6.07, 6.45) is 4.37. The topological polar surface area (TPSA) is 78.9 Å². The maximum atomic E-state index is 12.8. The van der Waals surface area contributed by atoms with E-state index in [1.807, 2.05) is 6.92 Å². The molecule has 24 heavy (non-hydrogen) atoms. The molecule has 0 unspecified atom stereocenters. The molecule has 0 aliphatic carbocycles. The number of carbonyl (C=O) groups excluding carboxylic acids is 1. The van der Waals surface area contributed by atoms with E-state index in [-0.39, 0.29) is 12.0 Å². The van der Waals surface area contributed by atoms with E-state index in [2.05, 4.69) is 25.4 Å². The van der Waals surface area contributed by atoms with Gasteiger partial charge < -0.3 is 15.7 Å². The maximum Gasteiger partial charge on any atom is 0.270 e. The van der Waals surface area contributed by atoms with E-state index >= 15 is 0 Å². The summed E-state index contributed by atoms with van der Waals surface area (Å²) in [5.41, 5.74) is 9.41. The second-order valence-corrected chi connectivity index (χ2v) is 6.64. The molecule has 0 aromatic heterocycles. The minimum absolute atomic E-state index is 0.121. The molecule has 1 heterocycles. The number of aliphatic imine (C=N–C) groups is 1. The Morgan fingerprint density at radius 1 is 1.25 bits per heavy atom. The predicted octanol–water partition coefficient (Wildman–Crippen LogP) is 2.80. The first-order valence-corrected chi connectivity index (χ1v) is 9.04. The van der Waals surface area contributed by atoms with Gasteiger partial charge in [0.2, 0.25) is 0 Å². The van der Waals surface area contributed by atoms with Crippen LogP contribution >= 0.6 is 0 Å². The lowest BCUT2D eigenvalue weighted by Gasteiger charge is -2.30. The number of allylic oxidation sites excluding steroid dienone is 1. The SMILES string of the molecule is C=C(C)CN=C(CCC)/C(CCC)=C(\N)C(=O)N1CCC(O)CC1. The van der Waals surface area contributed by atoms with Crippen molar-refractivity contribution in [3.8, 4) is 0 Å². The van der Waals surface area contributed by atoms with Crippen LogP contribution in [-0.4, -0.2) is 47.4 Å². The minimum atomic E-state index is -0.304. The zero-order valence-corrected chi connectivity index (χ0v) is 15.5. The van der Waals surface area contributed by atoms with Crippen molar-refractivity contribution in [1.82, 2.24) is 4.90 Å². The standard InChI is InChI=1S/C19H33N3O2/c1-5-7-16(17(8-6-2)21-13-14(3)4)18(20)19(24)22-11-9-15(23)10-12-22/h15,23H,3,5-13,20H2,1-2,4H3/b18-16-,21-17?. The Bertz CT molecular complexity index is 501. The Balaban J connectivity index is 3.06. The summed E-state index contributed by atoms with van der Waals surface area (Å²) in [6, 6.07) is 0. The number of rotatable bonds is 8. The van der Waals surface area contributed by atoms with E-state index in [0.717, 1.165) is 42.5 Å². The van der Waals surface area contributed by atoms with Crippen molar-refractivity contribution in [2.24, 2.45) is 10.7 Å². The smallest absolute Gasteiger partial charge is 0.270 e. The first kappa shape index (κ1) is 20.4. The molecule has 0 radical (unpaired) electrons. The molecule has 0 aromatic rings. The number of aliphatic hydroxyl groups is 1. The van der Waals surface area contributed by atoms with Crippen LogP contribution in [0.4, 0.5) is 0 Å². The molecule has 136 valence electrons. The fourth-order valence-electron chi connectivity index (χ4n) is 2.85. The zero-order valence-electron chi connectivity index (χ0n) is 15.5. The average molecular weight is 335 g/mol. The summed E-state index contributed by atoms with van der Waals surface area (Å²) < 4.78 is 0. The van der Waals surface area contributed by atoms with Crippen molar-refractivity contribution in [3.63, 3.8) is 0 Å². The second kappa shape index (κ2) is 10.3. The number of hydrogen-bond acceptors (Lipinski definition) is 4. The van der Waals surface area contributed by atoms with Gasteiger partial charge in [0.05, 0.1) is 12.6 Å². The van der Waals surface area contributed by atoms with Gasteiger partial charge in [0, 0.05) is 24.4 Å². The van der Waals surface area contributed by atoms with Crippen LogP contribution in [0.1, 0.15) is 59.3 Å². The van der Waals surface area contributed by atoms with Crippen molar-refractivity contribution >= 4 is 11.6 Å². The minimum Gasteiger partial charge on any atom is -0.394 e. The van der Waals surface area contributed by atoms with Crippen molar-refractivity contribution in [3.05, 3.63) is 23.4 Å². The first-order valence-electron chi connectivity index (χ1n) is 9.04. The highest BCUT2D eigenvalue weighted by Gasteiger charge is 2.25.